The average Bonchev–Trinajstić information content (AvgIpc) is 2.48. The van der Waals surface area contributed by atoms with Gasteiger partial charge in [0.15, 0.2) is 0 Å². The molecule has 0 fully saturated rings. The fourth-order valence-electron chi connectivity index (χ4n) is 1.83. The number of ether oxygens (including phenoxy) is 1. The van der Waals surface area contributed by atoms with Crippen molar-refractivity contribution in [2.45, 2.75) is 23.1 Å². The Morgan fingerprint density at radius 3 is 2.37 bits per heavy atom. The summed E-state index contributed by atoms with van der Waals surface area (Å²) in [5, 5.41) is 8.77. The van der Waals surface area contributed by atoms with Gasteiger partial charge in [-0.3, -0.25) is 0 Å². The Hall–Kier alpha value is -1.92. The Morgan fingerprint density at radius 1 is 1.11 bits per heavy atom. The van der Waals surface area contributed by atoms with Crippen LogP contribution in [-0.2, 0) is 6.42 Å². The molecule has 0 aliphatic carbocycles. The number of hydrogen-bond donors (Lipinski definition) is 0. The van der Waals surface area contributed by atoms with Gasteiger partial charge in [0, 0.05) is 9.79 Å². The van der Waals surface area contributed by atoms with Crippen LogP contribution in [-0.4, -0.2) is 7.11 Å². The fraction of sp³-hybridized carbons (Fsp3) is 0.188. The molecule has 0 N–H and O–H groups in total. The largest absolute Gasteiger partial charge is 0.496 e. The molecule has 2 aromatic rings. The van der Waals surface area contributed by atoms with E-state index < -0.39 is 0 Å². The van der Waals surface area contributed by atoms with Crippen molar-refractivity contribution in [1.82, 2.24) is 0 Å². The molecular weight excluding hydrogens is 254 g/mol. The number of benzene rings is 2. The van der Waals surface area contributed by atoms with Crippen LogP contribution in [0.25, 0.3) is 0 Å². The fourth-order valence-corrected chi connectivity index (χ4v) is 2.71. The Kier molecular flexibility index (Phi) is 4.48. The summed E-state index contributed by atoms with van der Waals surface area (Å²) in [5.41, 5.74) is 1.90. The first kappa shape index (κ1) is 13.5. The highest BCUT2D eigenvalue weighted by Crippen LogP contribution is 2.31. The van der Waals surface area contributed by atoms with E-state index in [4.69, 9.17) is 10.00 Å². The van der Waals surface area contributed by atoms with E-state index in [2.05, 4.69) is 25.1 Å². The second-order valence-corrected chi connectivity index (χ2v) is 5.21. The van der Waals surface area contributed by atoms with E-state index >= 15 is 0 Å². The van der Waals surface area contributed by atoms with Gasteiger partial charge in [0.25, 0.3) is 0 Å². The SMILES string of the molecule is CCc1cc(Sc2ccc(C#N)cc2)ccc1OC. The summed E-state index contributed by atoms with van der Waals surface area (Å²) < 4.78 is 5.33. The van der Waals surface area contributed by atoms with Crippen molar-refractivity contribution in [2.75, 3.05) is 7.11 Å². The molecule has 96 valence electrons. The molecule has 0 radical (unpaired) electrons. The number of aryl methyl sites for hydroxylation is 1. The number of hydrogen-bond acceptors (Lipinski definition) is 3. The lowest BCUT2D eigenvalue weighted by Crippen LogP contribution is -1.90. The van der Waals surface area contributed by atoms with Crippen molar-refractivity contribution < 1.29 is 4.74 Å². The topological polar surface area (TPSA) is 33.0 Å². The molecule has 0 spiro atoms. The molecule has 0 atom stereocenters. The Bertz CT molecular complexity index is 599. The number of rotatable bonds is 4. The maximum atomic E-state index is 8.77. The van der Waals surface area contributed by atoms with Crippen molar-refractivity contribution in [2.24, 2.45) is 0 Å². The first-order valence-electron chi connectivity index (χ1n) is 6.11. The molecule has 0 amide bonds. The van der Waals surface area contributed by atoms with E-state index in [1.165, 1.54) is 10.5 Å². The zero-order valence-electron chi connectivity index (χ0n) is 11.0. The highest BCUT2D eigenvalue weighted by molar-refractivity contribution is 7.99. The molecule has 3 heteroatoms. The van der Waals surface area contributed by atoms with Gasteiger partial charge in [-0.25, -0.2) is 0 Å². The van der Waals surface area contributed by atoms with Crippen LogP contribution in [0.4, 0.5) is 0 Å². The van der Waals surface area contributed by atoms with E-state index in [9.17, 15) is 0 Å². The molecule has 2 nitrogen and oxygen atoms in total. The standard InChI is InChI=1S/C16H15NOS/c1-3-13-10-15(8-9-16(13)18-2)19-14-6-4-12(11-17)5-7-14/h4-10H,3H2,1-2H3. The summed E-state index contributed by atoms with van der Waals surface area (Å²) in [6, 6.07) is 16.0. The molecule has 0 aromatic heterocycles. The molecule has 0 saturated carbocycles. The van der Waals surface area contributed by atoms with Crippen LogP contribution in [0.1, 0.15) is 18.1 Å². The predicted molar refractivity (Wildman–Crippen MR) is 77.7 cm³/mol. The van der Waals surface area contributed by atoms with Gasteiger partial charge in [-0.2, -0.15) is 5.26 Å². The second kappa shape index (κ2) is 6.31. The van der Waals surface area contributed by atoms with Crippen LogP contribution in [0.3, 0.4) is 0 Å². The van der Waals surface area contributed by atoms with Crippen molar-refractivity contribution in [3.8, 4) is 11.8 Å². The zero-order valence-corrected chi connectivity index (χ0v) is 11.8. The molecule has 19 heavy (non-hydrogen) atoms. The molecule has 0 aliphatic heterocycles. The maximum absolute atomic E-state index is 8.77. The van der Waals surface area contributed by atoms with Crippen molar-refractivity contribution in [1.29, 1.82) is 5.26 Å². The van der Waals surface area contributed by atoms with E-state index in [0.717, 1.165) is 17.1 Å². The molecule has 0 unspecified atom stereocenters. The van der Waals surface area contributed by atoms with Crippen LogP contribution in [0.2, 0.25) is 0 Å². The third-order valence-corrected chi connectivity index (χ3v) is 3.85. The normalized spacial score (nSPS) is 9.95. The molecule has 2 rings (SSSR count). The smallest absolute Gasteiger partial charge is 0.122 e. The van der Waals surface area contributed by atoms with E-state index in [0.29, 0.717) is 5.56 Å². The van der Waals surface area contributed by atoms with Crippen molar-refractivity contribution >= 4 is 11.8 Å². The van der Waals surface area contributed by atoms with E-state index in [-0.39, 0.29) is 0 Å². The summed E-state index contributed by atoms with van der Waals surface area (Å²) in [4.78, 5) is 2.31. The van der Waals surface area contributed by atoms with Gasteiger partial charge < -0.3 is 4.74 Å². The van der Waals surface area contributed by atoms with Crippen molar-refractivity contribution in [3.63, 3.8) is 0 Å². The second-order valence-electron chi connectivity index (χ2n) is 4.07. The molecule has 0 saturated heterocycles. The third-order valence-electron chi connectivity index (χ3n) is 2.85. The first-order valence-corrected chi connectivity index (χ1v) is 6.93. The number of methoxy groups -OCH3 is 1. The van der Waals surface area contributed by atoms with Gasteiger partial charge >= 0.3 is 0 Å². The van der Waals surface area contributed by atoms with Gasteiger partial charge in [0.1, 0.15) is 5.75 Å². The van der Waals surface area contributed by atoms with Crippen LogP contribution < -0.4 is 4.74 Å². The third kappa shape index (κ3) is 3.30. The minimum atomic E-state index is 0.688. The van der Waals surface area contributed by atoms with Crippen LogP contribution in [0, 0.1) is 11.3 Å². The molecular formula is C16H15NOS. The predicted octanol–water partition coefficient (Wildman–Crippen LogP) is 4.28. The molecule has 0 bridgehead atoms. The van der Waals surface area contributed by atoms with Crippen LogP contribution in [0.15, 0.2) is 52.3 Å². The molecule has 0 heterocycles. The number of nitriles is 1. The summed E-state index contributed by atoms with van der Waals surface area (Å²) in [6.07, 6.45) is 0.949. The Labute approximate surface area is 118 Å². The highest BCUT2D eigenvalue weighted by atomic mass is 32.2. The zero-order chi connectivity index (χ0) is 13.7. The average molecular weight is 269 g/mol. The molecule has 2 aromatic carbocycles. The summed E-state index contributed by atoms with van der Waals surface area (Å²) in [7, 11) is 1.70. The van der Waals surface area contributed by atoms with Gasteiger partial charge in [-0.15, -0.1) is 0 Å². The van der Waals surface area contributed by atoms with Gasteiger partial charge in [-0.05, 0) is 54.4 Å². The number of nitrogens with zero attached hydrogens (tertiary/aromatic N) is 1. The Balaban J connectivity index is 2.20. The quantitative estimate of drug-likeness (QED) is 0.830. The summed E-state index contributed by atoms with van der Waals surface area (Å²) >= 11 is 1.69. The summed E-state index contributed by atoms with van der Waals surface area (Å²) in [6.45, 7) is 2.12. The lowest BCUT2D eigenvalue weighted by Gasteiger charge is -2.09. The molecule has 0 aliphatic rings. The lowest BCUT2D eigenvalue weighted by molar-refractivity contribution is 0.409. The minimum absolute atomic E-state index is 0.688. The highest BCUT2D eigenvalue weighted by Gasteiger charge is 2.04. The lowest BCUT2D eigenvalue weighted by atomic mass is 10.1. The Morgan fingerprint density at radius 2 is 1.79 bits per heavy atom. The van der Waals surface area contributed by atoms with Crippen LogP contribution >= 0.6 is 11.8 Å². The van der Waals surface area contributed by atoms with Crippen molar-refractivity contribution in [3.05, 3.63) is 53.6 Å². The van der Waals surface area contributed by atoms with Crippen LogP contribution in [0.5, 0.6) is 5.75 Å². The minimum Gasteiger partial charge on any atom is -0.496 e. The van der Waals surface area contributed by atoms with Gasteiger partial charge in [0.05, 0.1) is 18.7 Å². The monoisotopic (exact) mass is 269 g/mol. The van der Waals surface area contributed by atoms with Gasteiger partial charge in [0.2, 0.25) is 0 Å². The summed E-state index contributed by atoms with van der Waals surface area (Å²) in [5.74, 6) is 0.937. The first-order chi connectivity index (χ1) is 9.26. The van der Waals surface area contributed by atoms with E-state index in [1.54, 1.807) is 18.9 Å². The van der Waals surface area contributed by atoms with Gasteiger partial charge in [-0.1, -0.05) is 18.7 Å². The maximum Gasteiger partial charge on any atom is 0.122 e. The van der Waals surface area contributed by atoms with E-state index in [1.807, 2.05) is 30.3 Å².